The second kappa shape index (κ2) is 6.84. The van der Waals surface area contributed by atoms with E-state index >= 15 is 0 Å². The van der Waals surface area contributed by atoms with Gasteiger partial charge in [0, 0.05) is 11.8 Å². The van der Waals surface area contributed by atoms with Gasteiger partial charge in [0.2, 0.25) is 0 Å². The molecule has 1 N–H and O–H groups in total. The number of pyridine rings is 1. The van der Waals surface area contributed by atoms with Crippen LogP contribution in [0, 0.1) is 6.92 Å². The fraction of sp³-hybridized carbons (Fsp3) is 0.200. The monoisotopic (exact) mass is 308 g/mol. The molecule has 7 heteroatoms. The van der Waals surface area contributed by atoms with Crippen molar-refractivity contribution in [3.8, 4) is 11.5 Å². The van der Waals surface area contributed by atoms with E-state index in [0.717, 1.165) is 5.56 Å². The number of aryl methyl sites for hydroxylation is 1. The molecule has 0 fully saturated rings. The van der Waals surface area contributed by atoms with Crippen molar-refractivity contribution in [3.63, 3.8) is 0 Å². The number of carbonyl (C=O) groups excluding carboxylic acids is 1. The molecule has 1 amide bonds. The summed E-state index contributed by atoms with van der Waals surface area (Å²) in [6.45, 7) is -1.15. The summed E-state index contributed by atoms with van der Waals surface area (Å²) in [5.41, 5.74) is 1.08. The fourth-order valence-electron chi connectivity index (χ4n) is 1.80. The van der Waals surface area contributed by atoms with E-state index in [2.05, 4.69) is 15.0 Å². The maximum Gasteiger partial charge on any atom is 0.387 e. The lowest BCUT2D eigenvalue weighted by Crippen LogP contribution is -2.13. The topological polar surface area (TPSA) is 60.5 Å². The number of hydrogen-bond donors (Lipinski definition) is 1. The van der Waals surface area contributed by atoms with Crippen LogP contribution in [0.5, 0.6) is 11.5 Å². The summed E-state index contributed by atoms with van der Waals surface area (Å²) in [5.74, 6) is -0.204. The first-order valence-corrected chi connectivity index (χ1v) is 6.36. The van der Waals surface area contributed by atoms with Gasteiger partial charge in [-0.1, -0.05) is 0 Å². The van der Waals surface area contributed by atoms with Crippen molar-refractivity contribution in [3.05, 3.63) is 47.7 Å². The number of anilines is 1. The second-order valence-corrected chi connectivity index (χ2v) is 4.42. The third-order valence-corrected chi connectivity index (χ3v) is 2.80. The lowest BCUT2D eigenvalue weighted by atomic mass is 10.2. The van der Waals surface area contributed by atoms with Crippen molar-refractivity contribution in [2.75, 3.05) is 12.4 Å². The van der Waals surface area contributed by atoms with Crippen LogP contribution in [0.15, 0.2) is 36.5 Å². The average molecular weight is 308 g/mol. The molecule has 5 nitrogen and oxygen atoms in total. The van der Waals surface area contributed by atoms with Crippen molar-refractivity contribution in [2.45, 2.75) is 13.5 Å². The lowest BCUT2D eigenvalue weighted by Gasteiger charge is -2.11. The van der Waals surface area contributed by atoms with Crippen LogP contribution in [0.3, 0.4) is 0 Å². The van der Waals surface area contributed by atoms with Crippen LogP contribution < -0.4 is 14.8 Å². The molecule has 0 unspecified atom stereocenters. The minimum absolute atomic E-state index is 0.116. The Bertz CT molecular complexity index is 678. The van der Waals surface area contributed by atoms with Gasteiger partial charge >= 0.3 is 6.61 Å². The minimum Gasteiger partial charge on any atom is -0.493 e. The maximum absolute atomic E-state index is 12.4. The Labute approximate surface area is 125 Å². The van der Waals surface area contributed by atoms with Gasteiger partial charge in [-0.15, -0.1) is 0 Å². The van der Waals surface area contributed by atoms with Gasteiger partial charge in [-0.25, -0.2) is 4.98 Å². The smallest absolute Gasteiger partial charge is 0.387 e. The highest BCUT2D eigenvalue weighted by molar-refractivity contribution is 6.04. The normalized spacial score (nSPS) is 10.4. The molecule has 116 valence electrons. The molecular formula is C15H14F2N2O3. The number of benzene rings is 1. The zero-order valence-corrected chi connectivity index (χ0v) is 12.0. The van der Waals surface area contributed by atoms with E-state index in [0.29, 0.717) is 5.82 Å². The van der Waals surface area contributed by atoms with Crippen LogP contribution in [0.25, 0.3) is 0 Å². The number of aromatic nitrogens is 1. The van der Waals surface area contributed by atoms with E-state index in [9.17, 15) is 13.6 Å². The number of ether oxygens (including phenoxy) is 2. The quantitative estimate of drug-likeness (QED) is 0.921. The highest BCUT2D eigenvalue weighted by Gasteiger charge is 2.15. The van der Waals surface area contributed by atoms with Crippen molar-refractivity contribution >= 4 is 11.7 Å². The Kier molecular flexibility index (Phi) is 4.88. The summed E-state index contributed by atoms with van der Waals surface area (Å²) in [5, 5.41) is 2.58. The summed E-state index contributed by atoms with van der Waals surface area (Å²) in [6.07, 6.45) is 1.56. The van der Waals surface area contributed by atoms with E-state index in [1.54, 1.807) is 18.3 Å². The molecule has 0 aliphatic rings. The number of methoxy groups -OCH3 is 1. The predicted octanol–water partition coefficient (Wildman–Crippen LogP) is 3.25. The van der Waals surface area contributed by atoms with Crippen LogP contribution in [-0.2, 0) is 0 Å². The first-order valence-electron chi connectivity index (χ1n) is 6.36. The number of nitrogens with one attached hydrogen (secondary N) is 1. The average Bonchev–Trinajstić information content (AvgIpc) is 2.46. The molecule has 0 radical (unpaired) electrons. The van der Waals surface area contributed by atoms with Gasteiger partial charge < -0.3 is 14.8 Å². The number of carbonyl (C=O) groups is 1. The molecule has 0 bridgehead atoms. The summed E-state index contributed by atoms with van der Waals surface area (Å²) in [6, 6.07) is 7.50. The largest absolute Gasteiger partial charge is 0.493 e. The Hall–Kier alpha value is -2.70. The van der Waals surface area contributed by atoms with E-state index < -0.39 is 12.5 Å². The van der Waals surface area contributed by atoms with Crippen molar-refractivity contribution in [2.24, 2.45) is 0 Å². The number of rotatable bonds is 5. The number of halogens is 2. The van der Waals surface area contributed by atoms with Crippen molar-refractivity contribution in [1.29, 1.82) is 0 Å². The van der Waals surface area contributed by atoms with Crippen LogP contribution >= 0.6 is 0 Å². The third-order valence-electron chi connectivity index (χ3n) is 2.80. The van der Waals surface area contributed by atoms with Gasteiger partial charge in [-0.3, -0.25) is 4.79 Å². The van der Waals surface area contributed by atoms with Gasteiger partial charge in [0.05, 0.1) is 7.11 Å². The molecule has 0 aliphatic heterocycles. The molecule has 0 atom stereocenters. The highest BCUT2D eigenvalue weighted by Crippen LogP contribution is 2.29. The molecule has 0 spiro atoms. The minimum atomic E-state index is -3.01. The van der Waals surface area contributed by atoms with Crippen LogP contribution in [-0.4, -0.2) is 24.6 Å². The zero-order chi connectivity index (χ0) is 16.1. The fourth-order valence-corrected chi connectivity index (χ4v) is 1.80. The van der Waals surface area contributed by atoms with E-state index in [1.807, 2.05) is 6.92 Å². The highest BCUT2D eigenvalue weighted by atomic mass is 19.3. The number of hydrogen-bond acceptors (Lipinski definition) is 4. The standard InChI is InChI=1S/C15H14F2N2O3/c1-9-5-6-18-13(7-9)19-14(20)10-3-4-11(21-2)12(8-10)22-15(16)17/h3-8,15H,1-2H3,(H,18,19,20). The van der Waals surface area contributed by atoms with Crippen LogP contribution in [0.4, 0.5) is 14.6 Å². The van der Waals surface area contributed by atoms with Gasteiger partial charge in [-0.2, -0.15) is 8.78 Å². The molecule has 1 aromatic carbocycles. The van der Waals surface area contributed by atoms with E-state index in [-0.39, 0.29) is 17.1 Å². The Morgan fingerprint density at radius 1 is 1.23 bits per heavy atom. The van der Waals surface area contributed by atoms with Crippen molar-refractivity contribution < 1.29 is 23.0 Å². The SMILES string of the molecule is COc1ccc(C(=O)Nc2cc(C)ccn2)cc1OC(F)F. The summed E-state index contributed by atoms with van der Waals surface area (Å²) in [4.78, 5) is 16.1. The molecule has 2 aromatic rings. The molecule has 0 aliphatic carbocycles. The zero-order valence-electron chi connectivity index (χ0n) is 12.0. The van der Waals surface area contributed by atoms with Gasteiger partial charge in [0.25, 0.3) is 5.91 Å². The molecule has 1 heterocycles. The Morgan fingerprint density at radius 2 is 2.00 bits per heavy atom. The van der Waals surface area contributed by atoms with Crippen LogP contribution in [0.2, 0.25) is 0 Å². The molecule has 1 aromatic heterocycles. The molecule has 0 saturated carbocycles. The molecule has 0 saturated heterocycles. The first kappa shape index (κ1) is 15.7. The Balaban J connectivity index is 2.22. The van der Waals surface area contributed by atoms with Gasteiger partial charge in [0.1, 0.15) is 5.82 Å². The summed E-state index contributed by atoms with van der Waals surface area (Å²) in [7, 11) is 1.32. The maximum atomic E-state index is 12.4. The van der Waals surface area contributed by atoms with Gasteiger partial charge in [-0.05, 0) is 42.8 Å². The molecular weight excluding hydrogens is 294 g/mol. The molecule has 2 rings (SSSR count). The van der Waals surface area contributed by atoms with E-state index in [4.69, 9.17) is 4.74 Å². The predicted molar refractivity (Wildman–Crippen MR) is 76.6 cm³/mol. The van der Waals surface area contributed by atoms with Crippen LogP contribution in [0.1, 0.15) is 15.9 Å². The Morgan fingerprint density at radius 3 is 2.64 bits per heavy atom. The lowest BCUT2D eigenvalue weighted by molar-refractivity contribution is -0.0512. The number of amides is 1. The first-order chi connectivity index (χ1) is 10.5. The van der Waals surface area contributed by atoms with Gasteiger partial charge in [0.15, 0.2) is 11.5 Å². The summed E-state index contributed by atoms with van der Waals surface area (Å²) < 4.78 is 34.0. The number of alkyl halides is 2. The second-order valence-electron chi connectivity index (χ2n) is 4.42. The number of nitrogens with zero attached hydrogens (tertiary/aromatic N) is 1. The molecule has 22 heavy (non-hydrogen) atoms. The van der Waals surface area contributed by atoms with E-state index in [1.165, 1.54) is 25.3 Å². The third kappa shape index (κ3) is 3.91. The van der Waals surface area contributed by atoms with Crippen molar-refractivity contribution in [1.82, 2.24) is 4.98 Å². The summed E-state index contributed by atoms with van der Waals surface area (Å²) >= 11 is 0.